The molecule has 4 heteroatoms. The van der Waals surface area contributed by atoms with E-state index in [0.29, 0.717) is 5.92 Å². The van der Waals surface area contributed by atoms with Crippen LogP contribution >= 0.6 is 0 Å². The van der Waals surface area contributed by atoms with Crippen molar-refractivity contribution in [3.63, 3.8) is 0 Å². The Kier molecular flexibility index (Phi) is 6.88. The summed E-state index contributed by atoms with van der Waals surface area (Å²) in [4.78, 5) is 6.67. The number of hydrogen-bond donors (Lipinski definition) is 1. The number of aliphatic imine (C=N–C) groups is 1. The van der Waals surface area contributed by atoms with Gasteiger partial charge >= 0.3 is 0 Å². The van der Waals surface area contributed by atoms with Gasteiger partial charge in [0.25, 0.3) is 0 Å². The lowest BCUT2D eigenvalue weighted by Crippen LogP contribution is -2.42. The first-order valence-electron chi connectivity index (χ1n) is 9.82. The van der Waals surface area contributed by atoms with E-state index in [-0.39, 0.29) is 6.10 Å². The molecular weight excluding hydrogens is 334 g/mol. The van der Waals surface area contributed by atoms with Crippen molar-refractivity contribution >= 4 is 5.96 Å². The highest BCUT2D eigenvalue weighted by atomic mass is 16.5. The third kappa shape index (κ3) is 5.10. The van der Waals surface area contributed by atoms with Crippen LogP contribution in [0.25, 0.3) is 0 Å². The number of nitrogens with one attached hydrogen (secondary N) is 1. The van der Waals surface area contributed by atoms with Crippen molar-refractivity contribution in [3.05, 3.63) is 71.3 Å². The maximum absolute atomic E-state index is 6.12. The van der Waals surface area contributed by atoms with Crippen LogP contribution in [0.4, 0.5) is 0 Å². The molecule has 4 nitrogen and oxygen atoms in total. The fourth-order valence-electron chi connectivity index (χ4n) is 3.79. The van der Waals surface area contributed by atoms with Gasteiger partial charge in [-0.05, 0) is 36.5 Å². The van der Waals surface area contributed by atoms with Crippen LogP contribution in [0.1, 0.15) is 35.6 Å². The summed E-state index contributed by atoms with van der Waals surface area (Å²) in [6.07, 6.45) is 2.45. The molecule has 2 unspecified atom stereocenters. The Bertz CT molecular complexity index is 744. The number of rotatable bonds is 5. The summed E-state index contributed by atoms with van der Waals surface area (Å²) < 4.78 is 6.12. The predicted molar refractivity (Wildman–Crippen MR) is 112 cm³/mol. The molecule has 0 aliphatic carbocycles. The van der Waals surface area contributed by atoms with Gasteiger partial charge in [0.05, 0.1) is 6.10 Å². The molecule has 1 heterocycles. The summed E-state index contributed by atoms with van der Waals surface area (Å²) >= 11 is 0. The Balaban J connectivity index is 1.61. The van der Waals surface area contributed by atoms with Gasteiger partial charge in [0.2, 0.25) is 0 Å². The van der Waals surface area contributed by atoms with Gasteiger partial charge < -0.3 is 15.0 Å². The lowest BCUT2D eigenvalue weighted by atomic mass is 9.89. The van der Waals surface area contributed by atoms with Gasteiger partial charge in [-0.25, -0.2) is 0 Å². The first-order valence-corrected chi connectivity index (χ1v) is 9.82. The van der Waals surface area contributed by atoms with E-state index in [2.05, 4.69) is 83.8 Å². The highest BCUT2D eigenvalue weighted by molar-refractivity contribution is 5.79. The Labute approximate surface area is 163 Å². The average molecular weight is 366 g/mol. The molecule has 2 aromatic carbocycles. The maximum atomic E-state index is 6.12. The molecule has 1 saturated heterocycles. The molecule has 27 heavy (non-hydrogen) atoms. The average Bonchev–Trinajstić information content (AvgIpc) is 2.71. The topological polar surface area (TPSA) is 36.9 Å². The van der Waals surface area contributed by atoms with Crippen LogP contribution in [0.15, 0.2) is 59.6 Å². The Morgan fingerprint density at radius 3 is 2.63 bits per heavy atom. The molecular formula is C23H31N3O. The van der Waals surface area contributed by atoms with Crippen molar-refractivity contribution < 1.29 is 4.74 Å². The van der Waals surface area contributed by atoms with Crippen molar-refractivity contribution in [2.45, 2.75) is 32.4 Å². The van der Waals surface area contributed by atoms with Crippen LogP contribution in [0, 0.1) is 12.8 Å². The molecule has 0 spiro atoms. The van der Waals surface area contributed by atoms with E-state index in [4.69, 9.17) is 4.74 Å². The fraction of sp³-hybridized carbons (Fsp3) is 0.435. The van der Waals surface area contributed by atoms with Gasteiger partial charge in [0.1, 0.15) is 0 Å². The lowest BCUT2D eigenvalue weighted by molar-refractivity contribution is -0.0266. The number of nitrogens with zero attached hydrogens (tertiary/aromatic N) is 2. The molecule has 0 bridgehead atoms. The molecule has 0 radical (unpaired) electrons. The monoisotopic (exact) mass is 365 g/mol. The van der Waals surface area contributed by atoms with Gasteiger partial charge in [0.15, 0.2) is 5.96 Å². The molecule has 1 aliphatic heterocycles. The first-order chi connectivity index (χ1) is 13.2. The Morgan fingerprint density at radius 1 is 1.15 bits per heavy atom. The second kappa shape index (κ2) is 9.56. The molecule has 0 saturated carbocycles. The van der Waals surface area contributed by atoms with E-state index < -0.39 is 0 Å². The molecule has 3 rings (SSSR count). The summed E-state index contributed by atoms with van der Waals surface area (Å²) in [6, 6.07) is 19.1. The van der Waals surface area contributed by atoms with Gasteiger partial charge in [-0.2, -0.15) is 0 Å². The quantitative estimate of drug-likeness (QED) is 0.638. The Morgan fingerprint density at radius 2 is 1.89 bits per heavy atom. The van der Waals surface area contributed by atoms with Crippen LogP contribution < -0.4 is 5.32 Å². The van der Waals surface area contributed by atoms with Gasteiger partial charge in [-0.1, -0.05) is 54.6 Å². The fourth-order valence-corrected chi connectivity index (χ4v) is 3.79. The minimum absolute atomic E-state index is 0.159. The predicted octanol–water partition coefficient (Wildman–Crippen LogP) is 4.17. The number of ether oxygens (including phenoxy) is 1. The number of aryl methyl sites for hydroxylation is 1. The lowest BCUT2D eigenvalue weighted by Gasteiger charge is -2.33. The first kappa shape index (κ1) is 19.4. The van der Waals surface area contributed by atoms with Crippen molar-refractivity contribution in [1.29, 1.82) is 0 Å². The zero-order valence-electron chi connectivity index (χ0n) is 16.7. The SMILES string of the molecule is CN=C(NCC1CCCOC1c1ccccc1)N(C)Cc1ccccc1C. The van der Waals surface area contributed by atoms with Crippen LogP contribution in [0.3, 0.4) is 0 Å². The molecule has 144 valence electrons. The molecule has 2 aromatic rings. The third-order valence-electron chi connectivity index (χ3n) is 5.34. The largest absolute Gasteiger partial charge is 0.373 e. The molecule has 1 N–H and O–H groups in total. The van der Waals surface area contributed by atoms with Crippen LogP contribution in [0.2, 0.25) is 0 Å². The minimum Gasteiger partial charge on any atom is -0.373 e. The molecule has 0 aromatic heterocycles. The minimum atomic E-state index is 0.159. The zero-order valence-corrected chi connectivity index (χ0v) is 16.7. The number of hydrogen-bond acceptors (Lipinski definition) is 2. The molecule has 0 amide bonds. The third-order valence-corrected chi connectivity index (χ3v) is 5.34. The second-order valence-electron chi connectivity index (χ2n) is 7.32. The molecule has 2 atom stereocenters. The highest BCUT2D eigenvalue weighted by Crippen LogP contribution is 2.33. The summed E-state index contributed by atoms with van der Waals surface area (Å²) in [5, 5.41) is 3.57. The zero-order chi connectivity index (χ0) is 19.1. The number of guanidine groups is 1. The van der Waals surface area contributed by atoms with E-state index in [1.165, 1.54) is 23.1 Å². The summed E-state index contributed by atoms with van der Waals surface area (Å²) in [7, 11) is 3.94. The highest BCUT2D eigenvalue weighted by Gasteiger charge is 2.27. The molecule has 1 aliphatic rings. The van der Waals surface area contributed by atoms with E-state index in [0.717, 1.165) is 32.1 Å². The second-order valence-corrected chi connectivity index (χ2v) is 7.32. The van der Waals surface area contributed by atoms with Crippen LogP contribution in [-0.2, 0) is 11.3 Å². The van der Waals surface area contributed by atoms with E-state index in [9.17, 15) is 0 Å². The van der Waals surface area contributed by atoms with Gasteiger partial charge in [-0.3, -0.25) is 4.99 Å². The number of benzene rings is 2. The Hall–Kier alpha value is -2.33. The van der Waals surface area contributed by atoms with Gasteiger partial charge in [0, 0.05) is 39.7 Å². The normalized spacial score (nSPS) is 20.3. The maximum Gasteiger partial charge on any atom is 0.193 e. The molecule has 1 fully saturated rings. The van der Waals surface area contributed by atoms with Crippen molar-refractivity contribution in [3.8, 4) is 0 Å². The van der Waals surface area contributed by atoms with E-state index in [1.807, 2.05) is 7.05 Å². The summed E-state index contributed by atoms with van der Waals surface area (Å²) in [5.74, 6) is 1.38. The van der Waals surface area contributed by atoms with Crippen LogP contribution in [-0.4, -0.2) is 38.1 Å². The standard InChI is InChI=1S/C23H31N3O/c1-18-10-7-8-13-21(18)17-26(3)23(24-2)25-16-20-14-9-15-27-22(20)19-11-5-4-6-12-19/h4-8,10-13,20,22H,9,14-17H2,1-3H3,(H,24,25). The van der Waals surface area contributed by atoms with Crippen molar-refractivity contribution in [2.24, 2.45) is 10.9 Å². The summed E-state index contributed by atoms with van der Waals surface area (Å²) in [6.45, 7) is 4.71. The van der Waals surface area contributed by atoms with Gasteiger partial charge in [-0.15, -0.1) is 0 Å². The van der Waals surface area contributed by atoms with E-state index >= 15 is 0 Å². The van der Waals surface area contributed by atoms with Crippen molar-refractivity contribution in [1.82, 2.24) is 10.2 Å². The summed E-state index contributed by atoms with van der Waals surface area (Å²) in [5.41, 5.74) is 3.91. The smallest absolute Gasteiger partial charge is 0.193 e. The van der Waals surface area contributed by atoms with Crippen molar-refractivity contribution in [2.75, 3.05) is 27.2 Å². The van der Waals surface area contributed by atoms with Crippen LogP contribution in [0.5, 0.6) is 0 Å². The van der Waals surface area contributed by atoms with E-state index in [1.54, 1.807) is 0 Å².